The van der Waals surface area contributed by atoms with Gasteiger partial charge < -0.3 is 10.1 Å². The molecule has 1 aliphatic heterocycles. The molecule has 0 saturated heterocycles. The standard InChI is InChI=1S/C10H16N4O2/c1-8-6-16-7-9-5-14(13-12-9)4-2-3-10(15)11-8/h5,8H,2-4,6-7H2,1H3,(H,11,15)/t8-/m1/s1. The fraction of sp³-hybridized carbons (Fsp3) is 0.700. The van der Waals surface area contributed by atoms with Gasteiger partial charge >= 0.3 is 0 Å². The molecule has 0 aromatic carbocycles. The van der Waals surface area contributed by atoms with Crippen LogP contribution in [0.2, 0.25) is 0 Å². The van der Waals surface area contributed by atoms with E-state index in [1.165, 1.54) is 0 Å². The molecule has 6 nitrogen and oxygen atoms in total. The SMILES string of the molecule is C[C@@H]1COCc2cn(nn2)CCCC(=O)N1. The van der Waals surface area contributed by atoms with Crippen molar-refractivity contribution in [2.45, 2.75) is 39.0 Å². The van der Waals surface area contributed by atoms with E-state index in [0.29, 0.717) is 19.6 Å². The molecule has 0 radical (unpaired) electrons. The third kappa shape index (κ3) is 3.03. The number of carbonyl (C=O) groups excluding carboxylic acids is 1. The Morgan fingerprint density at radius 3 is 3.38 bits per heavy atom. The van der Waals surface area contributed by atoms with Crippen LogP contribution >= 0.6 is 0 Å². The number of fused-ring (bicyclic) bond motifs is 2. The molecular formula is C10H16N4O2. The van der Waals surface area contributed by atoms with Crippen molar-refractivity contribution in [3.8, 4) is 0 Å². The van der Waals surface area contributed by atoms with Gasteiger partial charge in [-0.15, -0.1) is 5.10 Å². The van der Waals surface area contributed by atoms with Gasteiger partial charge in [0, 0.05) is 19.0 Å². The van der Waals surface area contributed by atoms with E-state index in [9.17, 15) is 4.79 Å². The van der Waals surface area contributed by atoms with Gasteiger partial charge in [0.05, 0.1) is 19.4 Å². The van der Waals surface area contributed by atoms with Gasteiger partial charge in [-0.1, -0.05) is 5.21 Å². The Morgan fingerprint density at radius 1 is 1.62 bits per heavy atom. The quantitative estimate of drug-likeness (QED) is 0.678. The maximum Gasteiger partial charge on any atom is 0.220 e. The van der Waals surface area contributed by atoms with E-state index in [1.807, 2.05) is 13.1 Å². The molecule has 1 aromatic rings. The van der Waals surface area contributed by atoms with E-state index in [2.05, 4.69) is 15.6 Å². The molecule has 1 N–H and O–H groups in total. The highest BCUT2D eigenvalue weighted by Gasteiger charge is 2.10. The fourth-order valence-corrected chi connectivity index (χ4v) is 1.64. The lowest BCUT2D eigenvalue weighted by atomic mass is 10.2. The molecule has 88 valence electrons. The van der Waals surface area contributed by atoms with E-state index < -0.39 is 0 Å². The second-order valence-corrected chi connectivity index (χ2v) is 4.06. The molecule has 0 unspecified atom stereocenters. The van der Waals surface area contributed by atoms with Gasteiger partial charge in [-0.2, -0.15) is 0 Å². The summed E-state index contributed by atoms with van der Waals surface area (Å²) in [5.74, 6) is 0.0667. The minimum absolute atomic E-state index is 0.0435. The van der Waals surface area contributed by atoms with Gasteiger partial charge in [0.15, 0.2) is 0 Å². The van der Waals surface area contributed by atoms with Gasteiger partial charge in [-0.3, -0.25) is 9.48 Å². The summed E-state index contributed by atoms with van der Waals surface area (Å²) in [6.07, 6.45) is 3.16. The van der Waals surface area contributed by atoms with Crippen molar-refractivity contribution in [1.82, 2.24) is 20.3 Å². The molecule has 1 amide bonds. The number of hydrogen-bond acceptors (Lipinski definition) is 4. The summed E-state index contributed by atoms with van der Waals surface area (Å²) in [4.78, 5) is 11.5. The largest absolute Gasteiger partial charge is 0.373 e. The van der Waals surface area contributed by atoms with Crippen LogP contribution < -0.4 is 5.32 Å². The number of aromatic nitrogens is 3. The van der Waals surface area contributed by atoms with Crippen LogP contribution in [0.5, 0.6) is 0 Å². The molecule has 1 atom stereocenters. The summed E-state index contributed by atoms with van der Waals surface area (Å²) in [6, 6.07) is 0.0435. The Bertz CT molecular complexity index is 363. The van der Waals surface area contributed by atoms with E-state index in [0.717, 1.165) is 18.7 Å². The predicted molar refractivity (Wildman–Crippen MR) is 56.5 cm³/mol. The number of hydrogen-bond donors (Lipinski definition) is 1. The van der Waals surface area contributed by atoms with Crippen molar-refractivity contribution in [3.05, 3.63) is 11.9 Å². The maximum absolute atomic E-state index is 11.5. The fourth-order valence-electron chi connectivity index (χ4n) is 1.64. The molecule has 1 aliphatic rings. The van der Waals surface area contributed by atoms with Crippen LogP contribution in [-0.2, 0) is 22.7 Å². The molecule has 2 rings (SSSR count). The molecule has 0 saturated carbocycles. The van der Waals surface area contributed by atoms with Crippen molar-refractivity contribution in [3.63, 3.8) is 0 Å². The Hall–Kier alpha value is -1.43. The average molecular weight is 224 g/mol. The molecule has 0 fully saturated rings. The number of carbonyl (C=O) groups is 1. The molecule has 2 heterocycles. The van der Waals surface area contributed by atoms with E-state index in [4.69, 9.17) is 4.74 Å². The van der Waals surface area contributed by atoms with Crippen LogP contribution in [0.1, 0.15) is 25.5 Å². The van der Waals surface area contributed by atoms with Crippen LogP contribution in [0.25, 0.3) is 0 Å². The second kappa shape index (κ2) is 5.07. The zero-order valence-corrected chi connectivity index (χ0v) is 9.35. The molecule has 1 aromatic heterocycles. The molecular weight excluding hydrogens is 208 g/mol. The highest BCUT2D eigenvalue weighted by atomic mass is 16.5. The minimum Gasteiger partial charge on any atom is -0.373 e. The van der Waals surface area contributed by atoms with E-state index in [1.54, 1.807) is 4.68 Å². The first-order valence-corrected chi connectivity index (χ1v) is 5.50. The van der Waals surface area contributed by atoms with Crippen LogP contribution in [0.4, 0.5) is 0 Å². The Balaban J connectivity index is 2.01. The van der Waals surface area contributed by atoms with Crippen molar-refractivity contribution >= 4 is 5.91 Å². The van der Waals surface area contributed by atoms with E-state index in [-0.39, 0.29) is 11.9 Å². The topological polar surface area (TPSA) is 69.0 Å². The zero-order chi connectivity index (χ0) is 11.4. The van der Waals surface area contributed by atoms with Crippen molar-refractivity contribution in [2.24, 2.45) is 0 Å². The molecule has 16 heavy (non-hydrogen) atoms. The first-order chi connectivity index (χ1) is 7.74. The third-order valence-corrected chi connectivity index (χ3v) is 2.40. The molecule has 0 aliphatic carbocycles. The summed E-state index contributed by atoms with van der Waals surface area (Å²) in [7, 11) is 0. The van der Waals surface area contributed by atoms with Gasteiger partial charge in [0.1, 0.15) is 5.69 Å². The maximum atomic E-state index is 11.5. The van der Waals surface area contributed by atoms with Gasteiger partial charge in [-0.05, 0) is 13.3 Å². The summed E-state index contributed by atoms with van der Waals surface area (Å²) >= 11 is 0. The lowest BCUT2D eigenvalue weighted by Crippen LogP contribution is -2.35. The van der Waals surface area contributed by atoms with Crippen molar-refractivity contribution in [1.29, 1.82) is 0 Å². The summed E-state index contributed by atoms with van der Waals surface area (Å²) in [6.45, 7) is 3.59. The number of rotatable bonds is 0. The number of nitrogens with zero attached hydrogens (tertiary/aromatic N) is 3. The zero-order valence-electron chi connectivity index (χ0n) is 9.35. The predicted octanol–water partition coefficient (Wildman–Crippen LogP) is 0.0932. The Morgan fingerprint density at radius 2 is 2.50 bits per heavy atom. The first-order valence-electron chi connectivity index (χ1n) is 5.50. The number of nitrogens with one attached hydrogen (secondary N) is 1. The number of amides is 1. The smallest absolute Gasteiger partial charge is 0.220 e. The summed E-state index contributed by atoms with van der Waals surface area (Å²) < 4.78 is 7.18. The van der Waals surface area contributed by atoms with Crippen LogP contribution in [0.15, 0.2) is 6.20 Å². The van der Waals surface area contributed by atoms with Gasteiger partial charge in [0.2, 0.25) is 5.91 Å². The number of ether oxygens (including phenoxy) is 1. The van der Waals surface area contributed by atoms with Crippen LogP contribution in [-0.4, -0.2) is 33.5 Å². The van der Waals surface area contributed by atoms with Crippen LogP contribution in [0.3, 0.4) is 0 Å². The molecule has 2 bridgehead atoms. The Kier molecular flexibility index (Phi) is 3.51. The highest BCUT2D eigenvalue weighted by molar-refractivity contribution is 5.76. The number of aryl methyl sites for hydroxylation is 1. The van der Waals surface area contributed by atoms with Crippen LogP contribution in [0, 0.1) is 0 Å². The third-order valence-electron chi connectivity index (χ3n) is 2.40. The van der Waals surface area contributed by atoms with Crippen molar-refractivity contribution in [2.75, 3.05) is 6.61 Å². The van der Waals surface area contributed by atoms with Gasteiger partial charge in [0.25, 0.3) is 0 Å². The van der Waals surface area contributed by atoms with E-state index >= 15 is 0 Å². The highest BCUT2D eigenvalue weighted by Crippen LogP contribution is 2.01. The van der Waals surface area contributed by atoms with Gasteiger partial charge in [-0.25, -0.2) is 0 Å². The first kappa shape index (κ1) is 11.1. The summed E-state index contributed by atoms with van der Waals surface area (Å²) in [5, 5.41) is 10.8. The average Bonchev–Trinajstić information content (AvgIpc) is 2.64. The lowest BCUT2D eigenvalue weighted by Gasteiger charge is -2.14. The minimum atomic E-state index is 0.0435. The normalized spacial score (nSPS) is 23.1. The second-order valence-electron chi connectivity index (χ2n) is 4.06. The van der Waals surface area contributed by atoms with Crippen molar-refractivity contribution < 1.29 is 9.53 Å². The monoisotopic (exact) mass is 224 g/mol. The summed E-state index contributed by atoms with van der Waals surface area (Å²) in [5.41, 5.74) is 0.833. The Labute approximate surface area is 94.0 Å². The molecule has 6 heteroatoms. The molecule has 0 spiro atoms. The lowest BCUT2D eigenvalue weighted by molar-refractivity contribution is -0.122.